The fourth-order valence-corrected chi connectivity index (χ4v) is 5.80. The van der Waals surface area contributed by atoms with Crippen LogP contribution < -0.4 is 10.1 Å². The first kappa shape index (κ1) is 20.6. The summed E-state index contributed by atoms with van der Waals surface area (Å²) in [7, 11) is -3.05. The average Bonchev–Trinajstić information content (AvgIpc) is 3.02. The molecular weight excluding hydrogens is 435 g/mol. The van der Waals surface area contributed by atoms with Gasteiger partial charge >= 0.3 is 11.5 Å². The smallest absolute Gasteiger partial charge is 0.475 e. The van der Waals surface area contributed by atoms with Gasteiger partial charge in [-0.15, -0.1) is 0 Å². The number of nitrogens with zero attached hydrogens (tertiary/aromatic N) is 2. The Morgan fingerprint density at radius 1 is 1.10 bits per heavy atom. The normalized spacial score (nSPS) is 24.9. The molecule has 0 bridgehead atoms. The highest BCUT2D eigenvalue weighted by atomic mass is 32.2. The number of likely N-dealkylation sites (tertiary alicyclic amines) is 2. The van der Waals surface area contributed by atoms with Gasteiger partial charge in [-0.25, -0.2) is 9.00 Å². The van der Waals surface area contributed by atoms with Crippen molar-refractivity contribution in [3.05, 3.63) is 24.3 Å². The number of urea groups is 1. The van der Waals surface area contributed by atoms with Gasteiger partial charge in [0.25, 0.3) is 0 Å². The predicted molar refractivity (Wildman–Crippen MR) is 104 cm³/mol. The Morgan fingerprint density at radius 3 is 2.26 bits per heavy atom. The number of nitrogens with one attached hydrogen (secondary N) is 1. The lowest BCUT2D eigenvalue weighted by Crippen LogP contribution is -2.74. The molecule has 7 nitrogen and oxygen atoms in total. The molecule has 1 N–H and O–H groups in total. The van der Waals surface area contributed by atoms with E-state index in [2.05, 4.69) is 5.32 Å². The zero-order chi connectivity index (χ0) is 22.0. The lowest BCUT2D eigenvalue weighted by atomic mass is 9.62. The van der Waals surface area contributed by atoms with Gasteiger partial charge in [0.2, 0.25) is 5.91 Å². The van der Waals surface area contributed by atoms with Crippen LogP contribution in [0, 0.1) is 5.41 Å². The molecule has 31 heavy (non-hydrogen) atoms. The Labute approximate surface area is 179 Å². The number of ether oxygens (including phenoxy) is 1. The summed E-state index contributed by atoms with van der Waals surface area (Å²) in [6.45, 7) is 2.49. The Kier molecular flexibility index (Phi) is 4.55. The number of carbonyl (C=O) groups is 2. The number of halogens is 3. The molecule has 3 aliphatic heterocycles. The number of hydrogen-bond donors (Lipinski definition) is 1. The van der Waals surface area contributed by atoms with Crippen molar-refractivity contribution in [3.63, 3.8) is 0 Å². The van der Waals surface area contributed by atoms with Crippen LogP contribution in [-0.4, -0.2) is 69.3 Å². The molecule has 3 heterocycles. The maximum atomic E-state index is 12.6. The van der Waals surface area contributed by atoms with Gasteiger partial charge in [0.1, 0.15) is 11.9 Å². The van der Waals surface area contributed by atoms with Crippen molar-refractivity contribution in [3.8, 4) is 5.75 Å². The second kappa shape index (κ2) is 6.85. The van der Waals surface area contributed by atoms with E-state index in [4.69, 9.17) is 4.74 Å². The van der Waals surface area contributed by atoms with Gasteiger partial charge in [-0.05, 0) is 43.5 Å². The fourth-order valence-electron chi connectivity index (χ4n) is 5.14. The van der Waals surface area contributed by atoms with Crippen molar-refractivity contribution >= 4 is 22.7 Å². The van der Waals surface area contributed by atoms with Gasteiger partial charge in [-0.3, -0.25) is 4.79 Å². The molecule has 1 aromatic carbocycles. The maximum absolute atomic E-state index is 12.6. The molecule has 1 atom stereocenters. The molecule has 1 saturated carbocycles. The Morgan fingerprint density at radius 2 is 1.71 bits per heavy atom. The van der Waals surface area contributed by atoms with E-state index in [1.54, 1.807) is 4.90 Å². The molecule has 11 heteroatoms. The number of benzene rings is 1. The first-order valence-electron chi connectivity index (χ1n) is 10.2. The standard InChI is InChI=1S/C20H22F3N3O4S/c21-20(22,23)31(29)15-3-1-13(2-4-15)30-14-7-18(8-14)9-25(10-18)17(28)26-11-19(12-26)6-5-16(27)24-19/h1-4,14H,5-12H2,(H,24,27). The second-order valence-corrected chi connectivity index (χ2v) is 10.6. The minimum Gasteiger partial charge on any atom is -0.490 e. The molecule has 4 fully saturated rings. The third-order valence-electron chi connectivity index (χ3n) is 6.69. The van der Waals surface area contributed by atoms with Crippen LogP contribution in [-0.2, 0) is 15.6 Å². The molecule has 1 aromatic rings. The molecule has 1 unspecified atom stereocenters. The average molecular weight is 457 g/mol. The third kappa shape index (κ3) is 3.66. The first-order chi connectivity index (χ1) is 14.6. The minimum absolute atomic E-state index is 0.00928. The highest BCUT2D eigenvalue weighted by Crippen LogP contribution is 2.50. The van der Waals surface area contributed by atoms with Crippen molar-refractivity contribution in [2.24, 2.45) is 5.41 Å². The number of amides is 3. The van der Waals surface area contributed by atoms with Crippen LogP contribution in [0.2, 0.25) is 0 Å². The van der Waals surface area contributed by atoms with Crippen LogP contribution in [0.5, 0.6) is 5.75 Å². The van der Waals surface area contributed by atoms with Crippen molar-refractivity contribution in [1.29, 1.82) is 0 Å². The Balaban J connectivity index is 1.06. The van der Waals surface area contributed by atoms with Crippen molar-refractivity contribution < 1.29 is 31.7 Å². The summed E-state index contributed by atoms with van der Waals surface area (Å²) in [6.07, 6.45) is 2.84. The molecular formula is C20H22F3N3O4S. The number of carbonyl (C=O) groups excluding carboxylic acids is 2. The van der Waals surface area contributed by atoms with E-state index in [0.717, 1.165) is 19.3 Å². The van der Waals surface area contributed by atoms with Gasteiger partial charge in [0, 0.05) is 42.9 Å². The van der Waals surface area contributed by atoms with E-state index in [-0.39, 0.29) is 33.9 Å². The summed E-state index contributed by atoms with van der Waals surface area (Å²) in [6, 6.07) is 5.16. The van der Waals surface area contributed by atoms with E-state index in [1.165, 1.54) is 24.3 Å². The third-order valence-corrected chi connectivity index (χ3v) is 7.81. The summed E-state index contributed by atoms with van der Waals surface area (Å²) in [5.41, 5.74) is -4.94. The van der Waals surface area contributed by atoms with Crippen LogP contribution in [0.1, 0.15) is 25.7 Å². The number of rotatable bonds is 3. The topological polar surface area (TPSA) is 79.0 Å². The Bertz CT molecular complexity index is 932. The van der Waals surface area contributed by atoms with Crippen molar-refractivity contribution in [2.75, 3.05) is 26.2 Å². The SMILES string of the molecule is O=C1CCC2(CN(C(=O)N3CC4(CC(Oc5ccc(S(=O)C(F)(F)F)cc5)C4)C3)C2)N1. The van der Waals surface area contributed by atoms with Crippen LogP contribution in [0.4, 0.5) is 18.0 Å². The molecule has 0 radical (unpaired) electrons. The van der Waals surface area contributed by atoms with Crippen LogP contribution in [0.3, 0.4) is 0 Å². The molecule has 3 saturated heterocycles. The first-order valence-corrected chi connectivity index (χ1v) is 11.3. The summed E-state index contributed by atoms with van der Waals surface area (Å²) in [4.78, 5) is 27.3. The molecule has 3 amide bonds. The minimum atomic E-state index is -4.78. The summed E-state index contributed by atoms with van der Waals surface area (Å²) in [5, 5.41) is 2.97. The maximum Gasteiger partial charge on any atom is 0.475 e. The van der Waals surface area contributed by atoms with E-state index < -0.39 is 16.3 Å². The largest absolute Gasteiger partial charge is 0.490 e. The molecule has 1 aliphatic carbocycles. The highest BCUT2D eigenvalue weighted by Gasteiger charge is 2.57. The predicted octanol–water partition coefficient (Wildman–Crippen LogP) is 2.24. The summed E-state index contributed by atoms with van der Waals surface area (Å²) in [5.74, 6) is 0.498. The van der Waals surface area contributed by atoms with Gasteiger partial charge in [0.15, 0.2) is 10.8 Å². The van der Waals surface area contributed by atoms with Crippen LogP contribution >= 0.6 is 0 Å². The molecule has 168 valence electrons. The van der Waals surface area contributed by atoms with Crippen molar-refractivity contribution in [2.45, 2.75) is 47.7 Å². The molecule has 0 aromatic heterocycles. The lowest BCUT2D eigenvalue weighted by Gasteiger charge is -2.60. The Hall–Kier alpha value is -2.30. The van der Waals surface area contributed by atoms with Gasteiger partial charge in [0.05, 0.1) is 5.54 Å². The fraction of sp³-hybridized carbons (Fsp3) is 0.600. The molecule has 5 rings (SSSR count). The second-order valence-electron chi connectivity index (χ2n) is 9.16. The van der Waals surface area contributed by atoms with E-state index in [1.807, 2.05) is 4.90 Å². The quantitative estimate of drug-likeness (QED) is 0.755. The zero-order valence-electron chi connectivity index (χ0n) is 16.6. The molecule has 2 spiro atoms. The number of hydrogen-bond acceptors (Lipinski definition) is 4. The van der Waals surface area contributed by atoms with Crippen LogP contribution in [0.15, 0.2) is 29.2 Å². The highest BCUT2D eigenvalue weighted by molar-refractivity contribution is 7.86. The van der Waals surface area contributed by atoms with Gasteiger partial charge in [-0.2, -0.15) is 13.2 Å². The monoisotopic (exact) mass is 457 g/mol. The lowest BCUT2D eigenvalue weighted by molar-refractivity contribution is -0.121. The summed E-state index contributed by atoms with van der Waals surface area (Å²) >= 11 is 0. The van der Waals surface area contributed by atoms with E-state index >= 15 is 0 Å². The van der Waals surface area contributed by atoms with E-state index in [9.17, 15) is 27.0 Å². The summed E-state index contributed by atoms with van der Waals surface area (Å²) < 4.78 is 54.7. The van der Waals surface area contributed by atoms with Gasteiger partial charge in [-0.1, -0.05) is 0 Å². The van der Waals surface area contributed by atoms with Crippen molar-refractivity contribution in [1.82, 2.24) is 15.1 Å². The van der Waals surface area contributed by atoms with E-state index in [0.29, 0.717) is 38.3 Å². The number of alkyl halides is 3. The van der Waals surface area contributed by atoms with Crippen LogP contribution in [0.25, 0.3) is 0 Å². The molecule has 4 aliphatic rings. The van der Waals surface area contributed by atoms with Gasteiger partial charge < -0.3 is 19.9 Å². The zero-order valence-corrected chi connectivity index (χ0v) is 17.4.